The monoisotopic (exact) mass is 1060 g/mol. The predicted molar refractivity (Wildman–Crippen MR) is 350 cm³/mol. The summed E-state index contributed by atoms with van der Waals surface area (Å²) in [5, 5.41) is 0. The van der Waals surface area contributed by atoms with Crippen LogP contribution in [-0.4, -0.2) is 13.4 Å². The molecule has 4 heterocycles. The minimum absolute atomic E-state index is 0.0994. The fourth-order valence-electron chi connectivity index (χ4n) is 14.5. The highest BCUT2D eigenvalue weighted by atomic mass is 16.5. The van der Waals surface area contributed by atoms with Crippen LogP contribution in [0.15, 0.2) is 218 Å². The van der Waals surface area contributed by atoms with Gasteiger partial charge in [-0.1, -0.05) is 160 Å². The number of aryl methyl sites for hydroxylation is 6. The lowest BCUT2D eigenvalue weighted by atomic mass is 9.30. The third kappa shape index (κ3) is 7.60. The zero-order valence-electron chi connectivity index (χ0n) is 48.2. The number of ether oxygens (including phenoxy) is 1. The van der Waals surface area contributed by atoms with E-state index in [2.05, 4.69) is 295 Å². The van der Waals surface area contributed by atoms with E-state index in [0.29, 0.717) is 0 Å². The molecule has 11 aromatic carbocycles. The molecule has 4 nitrogen and oxygen atoms in total. The van der Waals surface area contributed by atoms with Crippen LogP contribution in [0.25, 0.3) is 33.4 Å². The van der Waals surface area contributed by atoms with Crippen LogP contribution in [0.4, 0.5) is 51.2 Å². The summed E-state index contributed by atoms with van der Waals surface area (Å²) in [5.41, 5.74) is 33.9. The average molecular weight is 1060 g/mol. The third-order valence-corrected chi connectivity index (χ3v) is 18.2. The van der Waals surface area contributed by atoms with E-state index in [1.807, 2.05) is 0 Å². The van der Waals surface area contributed by atoms with Crippen molar-refractivity contribution < 1.29 is 4.74 Å². The molecule has 0 aromatic heterocycles. The molecule has 15 rings (SSSR count). The van der Waals surface area contributed by atoms with E-state index in [-0.39, 0.29) is 18.8 Å². The van der Waals surface area contributed by atoms with Gasteiger partial charge in [-0.05, 0) is 225 Å². The van der Waals surface area contributed by atoms with E-state index in [1.165, 1.54) is 128 Å². The van der Waals surface area contributed by atoms with Gasteiger partial charge in [0, 0.05) is 57.3 Å². The lowest BCUT2D eigenvalue weighted by Gasteiger charge is -2.46. The highest BCUT2D eigenvalue weighted by Crippen LogP contribution is 2.50. The first kappa shape index (κ1) is 49.8. The van der Waals surface area contributed by atoms with Crippen LogP contribution >= 0.6 is 0 Å². The molecule has 82 heavy (non-hydrogen) atoms. The van der Waals surface area contributed by atoms with Gasteiger partial charge in [-0.15, -0.1) is 0 Å². The SMILES string of the molecule is Cc1cccc(C)c1-c1ccc(N2c3ccc(-c4c(C)cccc4C)cc3B3c4cc5c(cc4N(c4ccccc4)c4cc(-c6c(C)cccc6C)cc2c43)Oc2cc(C(C)(C)C)cc3c2B5c2ccccc2N3c2ccccc2)cc1. The van der Waals surface area contributed by atoms with Crippen molar-refractivity contribution in [3.8, 4) is 44.9 Å². The summed E-state index contributed by atoms with van der Waals surface area (Å²) in [5.74, 6) is 1.80. The Bertz CT molecular complexity index is 4390. The molecule has 4 aliphatic rings. The first-order valence-corrected chi connectivity index (χ1v) is 29.1. The highest BCUT2D eigenvalue weighted by molar-refractivity contribution is 7.02. The number of hydrogen-bond acceptors (Lipinski definition) is 4. The van der Waals surface area contributed by atoms with Crippen LogP contribution in [0.5, 0.6) is 11.5 Å². The Balaban J connectivity index is 1.05. The maximum atomic E-state index is 7.57. The molecule has 0 N–H and O–H groups in total. The van der Waals surface area contributed by atoms with E-state index >= 15 is 0 Å². The summed E-state index contributed by atoms with van der Waals surface area (Å²) in [6.45, 7) is 20.1. The van der Waals surface area contributed by atoms with Crippen molar-refractivity contribution in [2.75, 3.05) is 14.7 Å². The van der Waals surface area contributed by atoms with Gasteiger partial charge in [-0.3, -0.25) is 0 Å². The van der Waals surface area contributed by atoms with Crippen molar-refractivity contribution in [3.63, 3.8) is 0 Å². The third-order valence-electron chi connectivity index (χ3n) is 18.2. The molecule has 0 aliphatic carbocycles. The molecule has 0 atom stereocenters. The molecule has 11 aromatic rings. The maximum absolute atomic E-state index is 7.57. The van der Waals surface area contributed by atoms with E-state index in [9.17, 15) is 0 Å². The van der Waals surface area contributed by atoms with Gasteiger partial charge in [0.05, 0.1) is 0 Å². The number of anilines is 9. The van der Waals surface area contributed by atoms with Crippen LogP contribution < -0.4 is 52.2 Å². The van der Waals surface area contributed by atoms with Crippen LogP contribution in [0, 0.1) is 41.5 Å². The van der Waals surface area contributed by atoms with Gasteiger partial charge in [-0.25, -0.2) is 0 Å². The van der Waals surface area contributed by atoms with Gasteiger partial charge in [0.1, 0.15) is 11.5 Å². The van der Waals surface area contributed by atoms with Crippen molar-refractivity contribution in [1.82, 2.24) is 0 Å². The lowest BCUT2D eigenvalue weighted by molar-refractivity contribution is 0.483. The molecule has 394 valence electrons. The molecule has 0 saturated heterocycles. The normalized spacial score (nSPS) is 13.4. The summed E-state index contributed by atoms with van der Waals surface area (Å²) < 4.78 is 7.57. The second-order valence-electron chi connectivity index (χ2n) is 24.4. The van der Waals surface area contributed by atoms with Crippen LogP contribution in [0.3, 0.4) is 0 Å². The number of rotatable bonds is 6. The molecule has 0 saturated carbocycles. The molecular formula is C76H63B2N3O. The molecular weight excluding hydrogens is 992 g/mol. The largest absolute Gasteiger partial charge is 0.458 e. The van der Waals surface area contributed by atoms with Gasteiger partial charge in [0.15, 0.2) is 0 Å². The van der Waals surface area contributed by atoms with Gasteiger partial charge in [0.2, 0.25) is 0 Å². The molecule has 0 fully saturated rings. The van der Waals surface area contributed by atoms with Crippen LogP contribution in [0.1, 0.15) is 59.7 Å². The molecule has 0 radical (unpaired) electrons. The smallest absolute Gasteiger partial charge is 0.256 e. The molecule has 0 amide bonds. The minimum Gasteiger partial charge on any atom is -0.458 e. The molecule has 0 bridgehead atoms. The summed E-state index contributed by atoms with van der Waals surface area (Å²) in [6, 6.07) is 82.4. The van der Waals surface area contributed by atoms with E-state index < -0.39 is 0 Å². The van der Waals surface area contributed by atoms with Crippen LogP contribution in [0.2, 0.25) is 0 Å². The fraction of sp³-hybridized carbons (Fsp3) is 0.132. The summed E-state index contributed by atoms with van der Waals surface area (Å²) in [4.78, 5) is 7.59. The lowest BCUT2D eigenvalue weighted by Crippen LogP contribution is -2.64. The van der Waals surface area contributed by atoms with Gasteiger partial charge >= 0.3 is 0 Å². The van der Waals surface area contributed by atoms with E-state index in [0.717, 1.165) is 39.9 Å². The summed E-state index contributed by atoms with van der Waals surface area (Å²) >= 11 is 0. The zero-order chi connectivity index (χ0) is 55.9. The fourth-order valence-corrected chi connectivity index (χ4v) is 14.5. The number of para-hydroxylation sites is 3. The van der Waals surface area contributed by atoms with Crippen molar-refractivity contribution in [1.29, 1.82) is 0 Å². The number of hydrogen-bond donors (Lipinski definition) is 0. The van der Waals surface area contributed by atoms with Crippen molar-refractivity contribution >= 4 is 97.4 Å². The number of fused-ring (bicyclic) bond motifs is 8. The number of nitrogens with zero attached hydrogens (tertiary/aromatic N) is 3. The topological polar surface area (TPSA) is 19.0 Å². The van der Waals surface area contributed by atoms with E-state index in [4.69, 9.17) is 4.74 Å². The quantitative estimate of drug-likeness (QED) is 0.155. The zero-order valence-corrected chi connectivity index (χ0v) is 48.2. The second-order valence-corrected chi connectivity index (χ2v) is 24.4. The Hall–Kier alpha value is -9.25. The van der Waals surface area contributed by atoms with Crippen LogP contribution in [-0.2, 0) is 5.41 Å². The van der Waals surface area contributed by atoms with Crippen molar-refractivity contribution in [2.45, 2.75) is 67.7 Å². The van der Waals surface area contributed by atoms with Crippen molar-refractivity contribution in [3.05, 3.63) is 257 Å². The van der Waals surface area contributed by atoms with E-state index in [1.54, 1.807) is 0 Å². The Morgan fingerprint density at radius 3 is 1.33 bits per heavy atom. The highest BCUT2D eigenvalue weighted by Gasteiger charge is 2.48. The molecule has 0 unspecified atom stereocenters. The maximum Gasteiger partial charge on any atom is 0.256 e. The van der Waals surface area contributed by atoms with Gasteiger partial charge < -0.3 is 19.4 Å². The minimum atomic E-state index is -0.162. The van der Waals surface area contributed by atoms with Gasteiger partial charge in [0.25, 0.3) is 13.4 Å². The first-order chi connectivity index (χ1) is 39.8. The summed E-state index contributed by atoms with van der Waals surface area (Å²) in [7, 11) is 0. The first-order valence-electron chi connectivity index (χ1n) is 29.1. The standard InChI is InChI=1S/C76H63B2N3O/c1-46-21-18-22-47(2)71(46)52-33-36-58(37-34-52)80-64-38-35-53(72-48(3)23-19-24-49(72)4)39-60(64)78-61-44-62-69(45-65(61)81(57-29-14-11-15-30-57)67-41-54(40-66(80)74(67)78)73-50(5)25-20-26-51(73)6)82-70-43-55(76(7,8)9)42-68-75(70)77(62)59-31-16-17-32-63(59)79(68)56-27-12-10-13-28-56/h10-45H,1-9H3. The summed E-state index contributed by atoms with van der Waals surface area (Å²) in [6.07, 6.45) is 0. The average Bonchev–Trinajstić information content (AvgIpc) is 0.874. The molecule has 4 aliphatic heterocycles. The Morgan fingerprint density at radius 2 is 0.756 bits per heavy atom. The Labute approximate surface area is 484 Å². The Morgan fingerprint density at radius 1 is 0.305 bits per heavy atom. The molecule has 0 spiro atoms. The Kier molecular flexibility index (Phi) is 11.3. The number of benzene rings is 11. The molecule has 6 heteroatoms. The van der Waals surface area contributed by atoms with Crippen molar-refractivity contribution in [2.24, 2.45) is 0 Å². The van der Waals surface area contributed by atoms with Gasteiger partial charge in [-0.2, -0.15) is 0 Å². The second kappa shape index (κ2) is 18.7. The predicted octanol–water partition coefficient (Wildman–Crippen LogP) is 16.3.